The van der Waals surface area contributed by atoms with Crippen molar-refractivity contribution in [1.82, 2.24) is 9.97 Å². The maximum absolute atomic E-state index is 5.64. The normalized spacial score (nSPS) is 24.0. The van der Waals surface area contributed by atoms with Gasteiger partial charge in [-0.05, 0) is 25.0 Å². The predicted octanol–water partition coefficient (Wildman–Crippen LogP) is 2.78. The first-order valence-electron chi connectivity index (χ1n) is 5.45. The molecule has 0 spiro atoms. The lowest BCUT2D eigenvalue weighted by Gasteiger charge is -2.33. The van der Waals surface area contributed by atoms with Crippen LogP contribution in [0, 0.1) is 0 Å². The van der Waals surface area contributed by atoms with Gasteiger partial charge in [0.1, 0.15) is 0 Å². The fourth-order valence-corrected chi connectivity index (χ4v) is 2.85. The summed E-state index contributed by atoms with van der Waals surface area (Å²) < 4.78 is 0. The van der Waals surface area contributed by atoms with Gasteiger partial charge in [0.2, 0.25) is 0 Å². The third kappa shape index (κ3) is 1.69. The predicted molar refractivity (Wildman–Crippen MR) is 65.5 cm³/mol. The second-order valence-electron chi connectivity index (χ2n) is 4.23. The van der Waals surface area contributed by atoms with Crippen molar-refractivity contribution < 1.29 is 0 Å². The van der Waals surface area contributed by atoms with E-state index in [9.17, 15) is 0 Å². The second kappa shape index (κ2) is 3.87. The molecule has 2 heterocycles. The first-order chi connectivity index (χ1) is 7.83. The Balaban J connectivity index is 1.67. The van der Waals surface area contributed by atoms with Gasteiger partial charge < -0.3 is 5.73 Å². The molecule has 0 unspecified atom stereocenters. The molecule has 0 saturated heterocycles. The highest BCUT2D eigenvalue weighted by molar-refractivity contribution is 7.13. The van der Waals surface area contributed by atoms with E-state index in [4.69, 9.17) is 5.73 Å². The van der Waals surface area contributed by atoms with Crippen molar-refractivity contribution in [1.29, 1.82) is 0 Å². The van der Waals surface area contributed by atoms with E-state index in [0.717, 1.165) is 18.5 Å². The van der Waals surface area contributed by atoms with Crippen LogP contribution >= 0.6 is 11.3 Å². The van der Waals surface area contributed by atoms with Gasteiger partial charge in [0, 0.05) is 29.1 Å². The van der Waals surface area contributed by atoms with Crippen LogP contribution in [0.4, 0.5) is 5.13 Å². The Kier molecular flexibility index (Phi) is 2.36. The smallest absolute Gasteiger partial charge is 0.180 e. The number of nitrogens with two attached hydrogens (primary N) is 1. The summed E-state index contributed by atoms with van der Waals surface area (Å²) in [6.45, 7) is 0. The van der Waals surface area contributed by atoms with E-state index in [1.165, 1.54) is 17.0 Å². The molecule has 0 amide bonds. The molecule has 2 N–H and O–H groups in total. The minimum absolute atomic E-state index is 0.584. The molecular weight excluding hydrogens is 218 g/mol. The maximum atomic E-state index is 5.64. The maximum Gasteiger partial charge on any atom is 0.180 e. The van der Waals surface area contributed by atoms with E-state index in [-0.39, 0.29) is 0 Å². The van der Waals surface area contributed by atoms with E-state index in [1.54, 1.807) is 0 Å². The highest BCUT2D eigenvalue weighted by Crippen LogP contribution is 2.46. The molecule has 3 nitrogen and oxygen atoms in total. The third-order valence-electron chi connectivity index (χ3n) is 3.20. The highest BCUT2D eigenvalue weighted by Gasteiger charge is 2.33. The van der Waals surface area contributed by atoms with Crippen molar-refractivity contribution in [2.45, 2.75) is 24.7 Å². The summed E-state index contributed by atoms with van der Waals surface area (Å²) in [4.78, 5) is 8.73. The molecule has 1 aliphatic rings. The van der Waals surface area contributed by atoms with Crippen LogP contribution in [0.3, 0.4) is 0 Å². The second-order valence-corrected chi connectivity index (χ2v) is 5.12. The van der Waals surface area contributed by atoms with Gasteiger partial charge in [-0.1, -0.05) is 6.07 Å². The van der Waals surface area contributed by atoms with Crippen molar-refractivity contribution in [2.75, 3.05) is 5.73 Å². The van der Waals surface area contributed by atoms with Gasteiger partial charge in [-0.2, -0.15) is 0 Å². The van der Waals surface area contributed by atoms with Gasteiger partial charge in [-0.3, -0.25) is 4.98 Å². The van der Waals surface area contributed by atoms with Crippen LogP contribution in [-0.4, -0.2) is 9.97 Å². The first-order valence-corrected chi connectivity index (χ1v) is 6.32. The van der Waals surface area contributed by atoms with Gasteiger partial charge in [0.05, 0.1) is 5.69 Å². The van der Waals surface area contributed by atoms with Gasteiger partial charge in [0.15, 0.2) is 5.13 Å². The Hall–Kier alpha value is -1.42. The summed E-state index contributed by atoms with van der Waals surface area (Å²) >= 11 is 1.53. The van der Waals surface area contributed by atoms with Crippen molar-refractivity contribution >= 4 is 16.5 Å². The Labute approximate surface area is 98.4 Å². The SMILES string of the molecule is Nc1nc(C2CC(c3ccccn3)C2)cs1. The number of rotatable bonds is 2. The highest BCUT2D eigenvalue weighted by atomic mass is 32.1. The Morgan fingerprint density at radius 1 is 1.19 bits per heavy atom. The van der Waals surface area contributed by atoms with Crippen LogP contribution in [0.2, 0.25) is 0 Å². The fraction of sp³-hybridized carbons (Fsp3) is 0.333. The average molecular weight is 231 g/mol. The number of nitrogens with zero attached hydrogens (tertiary/aromatic N) is 2. The van der Waals surface area contributed by atoms with Crippen LogP contribution in [0.1, 0.15) is 36.1 Å². The summed E-state index contributed by atoms with van der Waals surface area (Å²) in [6, 6.07) is 6.12. The molecule has 1 saturated carbocycles. The first kappa shape index (κ1) is 9.78. The molecule has 0 radical (unpaired) electrons. The van der Waals surface area contributed by atoms with E-state index >= 15 is 0 Å². The molecule has 0 aliphatic heterocycles. The van der Waals surface area contributed by atoms with E-state index < -0.39 is 0 Å². The topological polar surface area (TPSA) is 51.8 Å². The van der Waals surface area contributed by atoms with Gasteiger partial charge >= 0.3 is 0 Å². The lowest BCUT2D eigenvalue weighted by molar-refractivity contribution is 0.340. The number of nitrogen functional groups attached to an aromatic ring is 1. The molecule has 1 fully saturated rings. The van der Waals surface area contributed by atoms with Crippen LogP contribution in [0.25, 0.3) is 0 Å². The number of thiazole rings is 1. The van der Waals surface area contributed by atoms with Crippen molar-refractivity contribution in [3.05, 3.63) is 41.2 Å². The molecule has 82 valence electrons. The Morgan fingerprint density at radius 2 is 2.00 bits per heavy atom. The molecule has 1 aliphatic carbocycles. The zero-order chi connectivity index (χ0) is 11.0. The van der Waals surface area contributed by atoms with Crippen molar-refractivity contribution in [3.63, 3.8) is 0 Å². The molecule has 0 atom stereocenters. The molecule has 2 aromatic rings. The van der Waals surface area contributed by atoms with E-state index in [1.807, 2.05) is 12.3 Å². The van der Waals surface area contributed by atoms with Crippen molar-refractivity contribution in [3.8, 4) is 0 Å². The minimum Gasteiger partial charge on any atom is -0.375 e. The van der Waals surface area contributed by atoms with Crippen LogP contribution in [0.5, 0.6) is 0 Å². The molecule has 3 rings (SSSR count). The molecule has 0 aromatic carbocycles. The lowest BCUT2D eigenvalue weighted by atomic mass is 9.72. The van der Waals surface area contributed by atoms with Crippen LogP contribution < -0.4 is 5.73 Å². The molecule has 2 aromatic heterocycles. The summed E-state index contributed by atoms with van der Waals surface area (Å²) in [5, 5.41) is 2.76. The number of hydrogen-bond acceptors (Lipinski definition) is 4. The van der Waals surface area contributed by atoms with Crippen molar-refractivity contribution in [2.24, 2.45) is 0 Å². The zero-order valence-corrected chi connectivity index (χ0v) is 9.65. The largest absolute Gasteiger partial charge is 0.375 e. The summed E-state index contributed by atoms with van der Waals surface area (Å²) in [7, 11) is 0. The van der Waals surface area contributed by atoms with Crippen LogP contribution in [-0.2, 0) is 0 Å². The quantitative estimate of drug-likeness (QED) is 0.864. The Morgan fingerprint density at radius 3 is 2.62 bits per heavy atom. The average Bonchev–Trinajstić information content (AvgIpc) is 2.64. The van der Waals surface area contributed by atoms with E-state index in [2.05, 4.69) is 27.5 Å². The fourth-order valence-electron chi connectivity index (χ4n) is 2.21. The van der Waals surface area contributed by atoms with Gasteiger partial charge in [0.25, 0.3) is 0 Å². The number of hydrogen-bond donors (Lipinski definition) is 1. The lowest BCUT2D eigenvalue weighted by Crippen LogP contribution is -2.21. The monoisotopic (exact) mass is 231 g/mol. The Bertz CT molecular complexity index is 474. The summed E-state index contributed by atoms with van der Waals surface area (Å²) in [6.07, 6.45) is 4.17. The molecular formula is C12H13N3S. The summed E-state index contributed by atoms with van der Waals surface area (Å²) in [5.41, 5.74) is 8.01. The molecule has 16 heavy (non-hydrogen) atoms. The molecule has 4 heteroatoms. The standard InChI is InChI=1S/C12H13N3S/c13-12-15-11(7-16-12)9-5-8(6-9)10-3-1-2-4-14-10/h1-4,7-9H,5-6H2,(H2,13,15). The van der Waals surface area contributed by atoms with Gasteiger partial charge in [-0.15, -0.1) is 11.3 Å². The number of aromatic nitrogens is 2. The summed E-state index contributed by atoms with van der Waals surface area (Å²) in [5.74, 6) is 1.19. The van der Waals surface area contributed by atoms with Crippen LogP contribution in [0.15, 0.2) is 29.8 Å². The zero-order valence-electron chi connectivity index (χ0n) is 8.84. The number of anilines is 1. The van der Waals surface area contributed by atoms with Gasteiger partial charge in [-0.25, -0.2) is 4.98 Å². The minimum atomic E-state index is 0.584. The third-order valence-corrected chi connectivity index (χ3v) is 3.89. The molecule has 0 bridgehead atoms. The number of pyridine rings is 1. The van der Waals surface area contributed by atoms with E-state index in [0.29, 0.717) is 17.0 Å².